The lowest BCUT2D eigenvalue weighted by Crippen LogP contribution is -2.42. The molecule has 132 valence electrons. The van der Waals surface area contributed by atoms with Gasteiger partial charge in [-0.05, 0) is 44.3 Å². The molecule has 0 amide bonds. The van der Waals surface area contributed by atoms with Crippen molar-refractivity contribution in [3.05, 3.63) is 22.4 Å². The van der Waals surface area contributed by atoms with Crippen molar-refractivity contribution in [3.8, 4) is 0 Å². The molecule has 0 bridgehead atoms. The second-order valence-corrected chi connectivity index (χ2v) is 6.94. The van der Waals surface area contributed by atoms with Crippen molar-refractivity contribution in [3.63, 3.8) is 0 Å². The Balaban J connectivity index is 0.00000264. The van der Waals surface area contributed by atoms with Gasteiger partial charge in [-0.25, -0.2) is 0 Å². The summed E-state index contributed by atoms with van der Waals surface area (Å²) in [7, 11) is 0. The molecule has 1 aliphatic heterocycles. The van der Waals surface area contributed by atoms with Crippen LogP contribution in [0, 0.1) is 0 Å². The molecule has 0 aromatic carbocycles. The highest BCUT2D eigenvalue weighted by Crippen LogP contribution is 2.20. The minimum absolute atomic E-state index is 0. The number of thiophene rings is 1. The number of hydrogen-bond donors (Lipinski definition) is 2. The van der Waals surface area contributed by atoms with E-state index in [1.165, 1.54) is 37.2 Å². The zero-order valence-electron chi connectivity index (χ0n) is 14.4. The van der Waals surface area contributed by atoms with Gasteiger partial charge >= 0.3 is 0 Å². The second-order valence-electron chi connectivity index (χ2n) is 5.97. The largest absolute Gasteiger partial charge is 0.357 e. The van der Waals surface area contributed by atoms with Crippen LogP contribution in [-0.2, 0) is 0 Å². The summed E-state index contributed by atoms with van der Waals surface area (Å²) in [4.78, 5) is 8.69. The molecule has 1 saturated heterocycles. The van der Waals surface area contributed by atoms with Crippen molar-refractivity contribution in [2.24, 2.45) is 4.99 Å². The van der Waals surface area contributed by atoms with Crippen molar-refractivity contribution >= 4 is 41.3 Å². The quantitative estimate of drug-likeness (QED) is 0.380. The monoisotopic (exact) mass is 450 g/mol. The maximum atomic E-state index is 4.73. The van der Waals surface area contributed by atoms with E-state index < -0.39 is 0 Å². The van der Waals surface area contributed by atoms with Crippen molar-refractivity contribution in [2.45, 2.75) is 39.0 Å². The Bertz CT molecular complexity index is 430. The lowest BCUT2D eigenvalue weighted by atomic mass is 10.1. The minimum Gasteiger partial charge on any atom is -0.357 e. The Morgan fingerprint density at radius 2 is 2.09 bits per heavy atom. The molecule has 1 aromatic heterocycles. The summed E-state index contributed by atoms with van der Waals surface area (Å²) in [6.07, 6.45) is 4.10. The molecule has 1 unspecified atom stereocenters. The van der Waals surface area contributed by atoms with Crippen molar-refractivity contribution in [1.29, 1.82) is 0 Å². The van der Waals surface area contributed by atoms with Gasteiger partial charge in [0.05, 0.1) is 6.54 Å². The second kappa shape index (κ2) is 12.1. The molecule has 2 heterocycles. The number of nitrogens with one attached hydrogen (secondary N) is 2. The molecule has 1 aliphatic rings. The van der Waals surface area contributed by atoms with Crippen LogP contribution in [0.1, 0.15) is 43.9 Å². The average Bonchev–Trinajstić information content (AvgIpc) is 3.08. The molecule has 4 nitrogen and oxygen atoms in total. The molecule has 6 heteroatoms. The Morgan fingerprint density at radius 3 is 2.74 bits per heavy atom. The smallest absolute Gasteiger partial charge is 0.191 e. The number of guanidine groups is 1. The fraction of sp³-hybridized carbons (Fsp3) is 0.706. The van der Waals surface area contributed by atoms with Gasteiger partial charge in [0.2, 0.25) is 0 Å². The van der Waals surface area contributed by atoms with Crippen molar-refractivity contribution < 1.29 is 0 Å². The first kappa shape index (κ1) is 20.7. The van der Waals surface area contributed by atoms with Crippen LogP contribution < -0.4 is 10.6 Å². The Hall–Kier alpha value is -0.340. The van der Waals surface area contributed by atoms with Gasteiger partial charge in [-0.15, -0.1) is 35.3 Å². The first-order valence-electron chi connectivity index (χ1n) is 8.57. The lowest BCUT2D eigenvalue weighted by Gasteiger charge is -2.26. The molecule has 1 aromatic rings. The van der Waals surface area contributed by atoms with Gasteiger partial charge in [0, 0.05) is 30.4 Å². The highest BCUT2D eigenvalue weighted by Gasteiger charge is 2.10. The van der Waals surface area contributed by atoms with Crippen LogP contribution in [0.15, 0.2) is 22.5 Å². The SMILES string of the molecule is CCNC(=NCC(C)c1cccs1)NCCN1CCCCC1.I. The number of halogens is 1. The van der Waals surface area contributed by atoms with Crippen LogP contribution >= 0.6 is 35.3 Å². The zero-order valence-corrected chi connectivity index (χ0v) is 17.5. The third-order valence-corrected chi connectivity index (χ3v) is 5.17. The average molecular weight is 450 g/mol. The summed E-state index contributed by atoms with van der Waals surface area (Å²) in [6.45, 7) is 10.7. The van der Waals surface area contributed by atoms with Crippen LogP contribution in [0.2, 0.25) is 0 Å². The molecule has 23 heavy (non-hydrogen) atoms. The van der Waals surface area contributed by atoms with E-state index in [1.807, 2.05) is 11.3 Å². The first-order valence-corrected chi connectivity index (χ1v) is 9.45. The van der Waals surface area contributed by atoms with E-state index in [-0.39, 0.29) is 24.0 Å². The molecule has 2 N–H and O–H groups in total. The number of rotatable bonds is 7. The molecule has 1 atom stereocenters. The van der Waals surface area contributed by atoms with Gasteiger partial charge < -0.3 is 15.5 Å². The maximum absolute atomic E-state index is 4.73. The predicted molar refractivity (Wildman–Crippen MR) is 112 cm³/mol. The van der Waals surface area contributed by atoms with Crippen molar-refractivity contribution in [2.75, 3.05) is 39.3 Å². The first-order chi connectivity index (χ1) is 10.8. The standard InChI is InChI=1S/C17H30N4S.HI/c1-3-18-17(19-9-12-21-10-5-4-6-11-21)20-14-15(2)16-8-7-13-22-16;/h7-8,13,15H,3-6,9-12,14H2,1-2H3,(H2,18,19,20);1H. The Labute approximate surface area is 162 Å². The molecule has 0 radical (unpaired) electrons. The fourth-order valence-electron chi connectivity index (χ4n) is 2.75. The van der Waals surface area contributed by atoms with Crippen LogP contribution in [0.25, 0.3) is 0 Å². The summed E-state index contributed by atoms with van der Waals surface area (Å²) in [5.41, 5.74) is 0. The fourth-order valence-corrected chi connectivity index (χ4v) is 3.53. The third-order valence-electron chi connectivity index (χ3n) is 4.07. The summed E-state index contributed by atoms with van der Waals surface area (Å²) in [6, 6.07) is 4.31. The zero-order chi connectivity index (χ0) is 15.6. The summed E-state index contributed by atoms with van der Waals surface area (Å²) >= 11 is 1.82. The minimum atomic E-state index is 0. The molecule has 0 saturated carbocycles. The topological polar surface area (TPSA) is 39.7 Å². The summed E-state index contributed by atoms with van der Waals surface area (Å²) < 4.78 is 0. The van der Waals surface area contributed by atoms with E-state index in [2.05, 4.69) is 46.9 Å². The molecular formula is C17H31IN4S. The van der Waals surface area contributed by atoms with Gasteiger partial charge in [-0.2, -0.15) is 0 Å². The van der Waals surface area contributed by atoms with Crippen LogP contribution in [0.4, 0.5) is 0 Å². The summed E-state index contributed by atoms with van der Waals surface area (Å²) in [5.74, 6) is 1.43. The van der Waals surface area contributed by atoms with E-state index in [1.54, 1.807) is 0 Å². The van der Waals surface area contributed by atoms with E-state index in [4.69, 9.17) is 4.99 Å². The summed E-state index contributed by atoms with van der Waals surface area (Å²) in [5, 5.41) is 8.95. The molecule has 0 spiro atoms. The van der Waals surface area contributed by atoms with E-state index in [9.17, 15) is 0 Å². The van der Waals surface area contributed by atoms with E-state index in [0.717, 1.165) is 32.1 Å². The highest BCUT2D eigenvalue weighted by atomic mass is 127. The van der Waals surface area contributed by atoms with Crippen LogP contribution in [0.5, 0.6) is 0 Å². The van der Waals surface area contributed by atoms with Gasteiger partial charge in [0.25, 0.3) is 0 Å². The van der Waals surface area contributed by atoms with Gasteiger partial charge in [0.15, 0.2) is 5.96 Å². The third kappa shape index (κ3) is 7.85. The van der Waals surface area contributed by atoms with Gasteiger partial charge in [0.1, 0.15) is 0 Å². The van der Waals surface area contributed by atoms with Crippen LogP contribution in [-0.4, -0.2) is 50.1 Å². The van der Waals surface area contributed by atoms with E-state index >= 15 is 0 Å². The number of hydrogen-bond acceptors (Lipinski definition) is 3. The Kier molecular flexibility index (Phi) is 10.9. The lowest BCUT2D eigenvalue weighted by molar-refractivity contribution is 0.232. The van der Waals surface area contributed by atoms with E-state index in [0.29, 0.717) is 5.92 Å². The number of likely N-dealkylation sites (tertiary alicyclic amines) is 1. The molecule has 0 aliphatic carbocycles. The maximum Gasteiger partial charge on any atom is 0.191 e. The Morgan fingerprint density at radius 1 is 1.30 bits per heavy atom. The number of nitrogens with zero attached hydrogens (tertiary/aromatic N) is 2. The van der Waals surface area contributed by atoms with Gasteiger partial charge in [-0.1, -0.05) is 19.4 Å². The molecular weight excluding hydrogens is 419 g/mol. The number of piperidine rings is 1. The van der Waals surface area contributed by atoms with Gasteiger partial charge in [-0.3, -0.25) is 4.99 Å². The van der Waals surface area contributed by atoms with Crippen LogP contribution in [0.3, 0.4) is 0 Å². The number of aliphatic imine (C=N–C) groups is 1. The normalized spacial score (nSPS) is 17.4. The van der Waals surface area contributed by atoms with Crippen molar-refractivity contribution in [1.82, 2.24) is 15.5 Å². The molecule has 1 fully saturated rings. The predicted octanol–water partition coefficient (Wildman–Crippen LogP) is 3.51. The molecule has 2 rings (SSSR count). The highest BCUT2D eigenvalue weighted by molar-refractivity contribution is 14.0.